The average molecular weight is 325 g/mol. The smallest absolute Gasteiger partial charge is 0.317 e. The van der Waals surface area contributed by atoms with Crippen LogP contribution in [0.25, 0.3) is 0 Å². The van der Waals surface area contributed by atoms with Crippen molar-refractivity contribution >= 4 is 11.9 Å². The van der Waals surface area contributed by atoms with Crippen molar-refractivity contribution < 1.29 is 19.1 Å². The first kappa shape index (κ1) is 16.5. The highest BCUT2D eigenvalue weighted by Gasteiger charge is 2.32. The van der Waals surface area contributed by atoms with Crippen LogP contribution in [-0.4, -0.2) is 80.4 Å². The van der Waals surface area contributed by atoms with E-state index in [1.807, 2.05) is 4.90 Å². The summed E-state index contributed by atoms with van der Waals surface area (Å²) in [6.45, 7) is 5.17. The Hall–Kier alpha value is -1.34. The van der Waals surface area contributed by atoms with E-state index >= 15 is 0 Å². The van der Waals surface area contributed by atoms with Crippen molar-refractivity contribution in [3.63, 3.8) is 0 Å². The monoisotopic (exact) mass is 325 g/mol. The Labute approximate surface area is 137 Å². The zero-order valence-electron chi connectivity index (χ0n) is 13.7. The van der Waals surface area contributed by atoms with Gasteiger partial charge in [0.05, 0.1) is 25.2 Å². The molecule has 0 aromatic rings. The van der Waals surface area contributed by atoms with Gasteiger partial charge in [0, 0.05) is 39.3 Å². The summed E-state index contributed by atoms with van der Waals surface area (Å²) in [6.07, 6.45) is 3.98. The zero-order chi connectivity index (χ0) is 16.1. The van der Waals surface area contributed by atoms with E-state index in [0.29, 0.717) is 39.4 Å². The predicted octanol–water partition coefficient (Wildman–Crippen LogP) is 0.446. The summed E-state index contributed by atoms with van der Waals surface area (Å²) in [4.78, 5) is 28.6. The van der Waals surface area contributed by atoms with Crippen LogP contribution < -0.4 is 5.32 Å². The van der Waals surface area contributed by atoms with Crippen molar-refractivity contribution in [3.8, 4) is 0 Å². The second kappa shape index (κ2) is 7.97. The molecule has 0 saturated carbocycles. The summed E-state index contributed by atoms with van der Waals surface area (Å²) in [7, 11) is 0. The molecule has 7 nitrogen and oxygen atoms in total. The molecule has 3 fully saturated rings. The van der Waals surface area contributed by atoms with Crippen molar-refractivity contribution in [3.05, 3.63) is 0 Å². The van der Waals surface area contributed by atoms with Crippen LogP contribution in [0.2, 0.25) is 0 Å². The van der Waals surface area contributed by atoms with E-state index in [2.05, 4.69) is 5.32 Å². The van der Waals surface area contributed by atoms with Crippen LogP contribution >= 0.6 is 0 Å². The first-order valence-electron chi connectivity index (χ1n) is 8.75. The predicted molar refractivity (Wildman–Crippen MR) is 84.1 cm³/mol. The molecule has 0 aromatic heterocycles. The third kappa shape index (κ3) is 4.35. The number of carbonyl (C=O) groups is 2. The van der Waals surface area contributed by atoms with Crippen molar-refractivity contribution in [2.75, 3.05) is 52.5 Å². The summed E-state index contributed by atoms with van der Waals surface area (Å²) >= 11 is 0. The van der Waals surface area contributed by atoms with Crippen LogP contribution in [0.4, 0.5) is 4.79 Å². The first-order chi connectivity index (χ1) is 11.2. The summed E-state index contributed by atoms with van der Waals surface area (Å²) in [5.74, 6) is 0.0975. The number of nitrogens with zero attached hydrogens (tertiary/aromatic N) is 2. The van der Waals surface area contributed by atoms with Gasteiger partial charge < -0.3 is 24.6 Å². The number of hydrogen-bond donors (Lipinski definition) is 1. The number of piperidine rings is 1. The van der Waals surface area contributed by atoms with Gasteiger partial charge in [-0.1, -0.05) is 0 Å². The number of morpholine rings is 1. The number of nitrogens with one attached hydrogen (secondary N) is 1. The first-order valence-corrected chi connectivity index (χ1v) is 8.75. The Morgan fingerprint density at radius 2 is 1.83 bits per heavy atom. The number of likely N-dealkylation sites (tertiary alicyclic amines) is 1. The van der Waals surface area contributed by atoms with Gasteiger partial charge in [0.15, 0.2) is 0 Å². The second-order valence-electron chi connectivity index (χ2n) is 6.54. The lowest BCUT2D eigenvalue weighted by molar-refractivity contribution is -0.141. The minimum absolute atomic E-state index is 0.0695. The molecule has 3 heterocycles. The molecule has 0 spiro atoms. The number of ether oxygens (including phenoxy) is 2. The second-order valence-corrected chi connectivity index (χ2v) is 6.54. The summed E-state index contributed by atoms with van der Waals surface area (Å²) in [6, 6.07) is -0.0695. The maximum absolute atomic E-state index is 12.6. The molecular weight excluding hydrogens is 298 g/mol. The highest BCUT2D eigenvalue weighted by Crippen LogP contribution is 2.20. The molecule has 130 valence electrons. The van der Waals surface area contributed by atoms with Crippen LogP contribution in [0, 0.1) is 5.92 Å². The molecule has 3 aliphatic heterocycles. The lowest BCUT2D eigenvalue weighted by Gasteiger charge is -2.36. The molecule has 3 aliphatic rings. The van der Waals surface area contributed by atoms with E-state index in [9.17, 15) is 9.59 Å². The van der Waals surface area contributed by atoms with Crippen LogP contribution in [0.3, 0.4) is 0 Å². The molecular formula is C16H27N3O4. The van der Waals surface area contributed by atoms with Crippen molar-refractivity contribution in [2.45, 2.75) is 31.8 Å². The van der Waals surface area contributed by atoms with Crippen LogP contribution in [0.1, 0.15) is 25.7 Å². The van der Waals surface area contributed by atoms with E-state index in [4.69, 9.17) is 9.47 Å². The molecule has 0 unspecified atom stereocenters. The van der Waals surface area contributed by atoms with Gasteiger partial charge in [0.2, 0.25) is 5.91 Å². The third-order valence-electron chi connectivity index (χ3n) is 4.89. The highest BCUT2D eigenvalue weighted by molar-refractivity contribution is 5.81. The highest BCUT2D eigenvalue weighted by atomic mass is 16.5. The molecule has 23 heavy (non-hydrogen) atoms. The maximum Gasteiger partial charge on any atom is 0.317 e. The van der Waals surface area contributed by atoms with E-state index in [-0.39, 0.29) is 24.0 Å². The number of urea groups is 1. The standard InChI is InChI=1S/C16H27N3O4/c20-15(18-6-9-22-10-7-18)13-3-1-5-19(12-13)16(21)17-11-14-4-2-8-23-14/h13-14H,1-12H2,(H,17,21)/t13-,14+/m1/s1. The fourth-order valence-corrected chi connectivity index (χ4v) is 3.52. The Bertz CT molecular complexity index is 420. The molecule has 0 aliphatic carbocycles. The van der Waals surface area contributed by atoms with Gasteiger partial charge in [-0.25, -0.2) is 4.79 Å². The number of amides is 3. The molecule has 1 N–H and O–H groups in total. The Kier molecular flexibility index (Phi) is 5.72. The van der Waals surface area contributed by atoms with Gasteiger partial charge in [0.25, 0.3) is 0 Å². The average Bonchev–Trinajstić information content (AvgIpc) is 3.13. The molecule has 0 radical (unpaired) electrons. The van der Waals surface area contributed by atoms with E-state index in [0.717, 1.165) is 38.8 Å². The molecule has 2 atom stereocenters. The van der Waals surface area contributed by atoms with Gasteiger partial charge in [0.1, 0.15) is 0 Å². The van der Waals surface area contributed by atoms with Crippen LogP contribution in [-0.2, 0) is 14.3 Å². The number of rotatable bonds is 3. The molecule has 3 saturated heterocycles. The van der Waals surface area contributed by atoms with Gasteiger partial charge >= 0.3 is 6.03 Å². The normalized spacial score (nSPS) is 28.7. The Morgan fingerprint density at radius 3 is 2.57 bits per heavy atom. The molecule has 7 heteroatoms. The fraction of sp³-hybridized carbons (Fsp3) is 0.875. The van der Waals surface area contributed by atoms with Crippen molar-refractivity contribution in [2.24, 2.45) is 5.92 Å². The quantitative estimate of drug-likeness (QED) is 0.818. The van der Waals surface area contributed by atoms with Gasteiger partial charge in [-0.3, -0.25) is 4.79 Å². The molecule has 0 bridgehead atoms. The van der Waals surface area contributed by atoms with Crippen LogP contribution in [0.15, 0.2) is 0 Å². The SMILES string of the molecule is O=C(NC[C@@H]1CCCO1)N1CCC[C@@H](C(=O)N2CCOCC2)C1. The van der Waals surface area contributed by atoms with E-state index in [1.54, 1.807) is 4.90 Å². The van der Waals surface area contributed by atoms with Crippen LogP contribution in [0.5, 0.6) is 0 Å². The number of carbonyl (C=O) groups excluding carboxylic acids is 2. The van der Waals surface area contributed by atoms with Gasteiger partial charge in [-0.15, -0.1) is 0 Å². The summed E-state index contributed by atoms with van der Waals surface area (Å²) in [5.41, 5.74) is 0. The lowest BCUT2D eigenvalue weighted by atomic mass is 9.96. The van der Waals surface area contributed by atoms with E-state index in [1.165, 1.54) is 0 Å². The fourth-order valence-electron chi connectivity index (χ4n) is 3.52. The number of hydrogen-bond acceptors (Lipinski definition) is 4. The van der Waals surface area contributed by atoms with Gasteiger partial charge in [-0.05, 0) is 25.7 Å². The molecule has 3 amide bonds. The minimum atomic E-state index is -0.0738. The van der Waals surface area contributed by atoms with E-state index < -0.39 is 0 Å². The van der Waals surface area contributed by atoms with Crippen molar-refractivity contribution in [1.29, 1.82) is 0 Å². The third-order valence-corrected chi connectivity index (χ3v) is 4.89. The van der Waals surface area contributed by atoms with Crippen molar-refractivity contribution in [1.82, 2.24) is 15.1 Å². The topological polar surface area (TPSA) is 71.1 Å². The minimum Gasteiger partial charge on any atom is -0.378 e. The summed E-state index contributed by atoms with van der Waals surface area (Å²) < 4.78 is 10.8. The lowest BCUT2D eigenvalue weighted by Crippen LogP contribution is -2.52. The Balaban J connectivity index is 1.46. The summed E-state index contributed by atoms with van der Waals surface area (Å²) in [5, 5.41) is 2.95. The Morgan fingerprint density at radius 1 is 1.00 bits per heavy atom. The van der Waals surface area contributed by atoms with Gasteiger partial charge in [-0.2, -0.15) is 0 Å². The molecule has 0 aromatic carbocycles. The molecule has 3 rings (SSSR count). The maximum atomic E-state index is 12.6. The largest absolute Gasteiger partial charge is 0.378 e. The zero-order valence-corrected chi connectivity index (χ0v) is 13.7.